The highest BCUT2D eigenvalue weighted by Crippen LogP contribution is 2.36. The van der Waals surface area contributed by atoms with Gasteiger partial charge in [0.2, 0.25) is 17.7 Å². The maximum Gasteiger partial charge on any atom is 0.244 e. The first-order valence-electron chi connectivity index (χ1n) is 11.1. The molecule has 0 radical (unpaired) electrons. The number of hydrogen-bond donors (Lipinski definition) is 2. The van der Waals surface area contributed by atoms with E-state index in [1.54, 1.807) is 11.9 Å². The zero-order chi connectivity index (χ0) is 23.3. The van der Waals surface area contributed by atoms with Gasteiger partial charge in [-0.15, -0.1) is 0 Å². The highest BCUT2D eigenvalue weighted by Gasteiger charge is 2.45. The average molecular weight is 436 g/mol. The number of nitrogens with one attached hydrogen (secondary N) is 2. The van der Waals surface area contributed by atoms with Gasteiger partial charge < -0.3 is 15.5 Å². The summed E-state index contributed by atoms with van der Waals surface area (Å²) in [5.74, 6) is -0.733. The number of carbonyl (C=O) groups excluding carboxylic acids is 3. The lowest BCUT2D eigenvalue weighted by Crippen LogP contribution is -2.55. The van der Waals surface area contributed by atoms with Crippen molar-refractivity contribution < 1.29 is 14.4 Å². The molecular weight excluding hydrogens is 402 g/mol. The second-order valence-electron chi connectivity index (χ2n) is 9.36. The Labute approximate surface area is 190 Å². The fourth-order valence-electron chi connectivity index (χ4n) is 4.31. The van der Waals surface area contributed by atoms with Crippen molar-refractivity contribution in [2.45, 2.75) is 51.6 Å². The summed E-state index contributed by atoms with van der Waals surface area (Å²) >= 11 is 0. The van der Waals surface area contributed by atoms with Gasteiger partial charge in [-0.25, -0.2) is 0 Å². The molecule has 0 bridgehead atoms. The van der Waals surface area contributed by atoms with E-state index in [0.29, 0.717) is 19.4 Å². The van der Waals surface area contributed by atoms with Gasteiger partial charge >= 0.3 is 0 Å². The molecule has 3 atom stereocenters. The van der Waals surface area contributed by atoms with Gasteiger partial charge in [0, 0.05) is 31.3 Å². The molecule has 170 valence electrons. The van der Waals surface area contributed by atoms with Crippen LogP contribution in [0.2, 0.25) is 0 Å². The molecule has 0 aliphatic carbocycles. The highest BCUT2D eigenvalue weighted by molar-refractivity contribution is 5.94. The van der Waals surface area contributed by atoms with Crippen molar-refractivity contribution in [2.75, 3.05) is 13.6 Å². The van der Waals surface area contributed by atoms with Crippen LogP contribution in [-0.4, -0.2) is 48.3 Å². The lowest BCUT2D eigenvalue weighted by Gasteiger charge is -2.33. The monoisotopic (exact) mass is 435 g/mol. The standard InChI is InChI=1S/C26H33N3O3/c1-26(2,3)25(32)29-16-15-20(19-13-9-6-10-14-19)22(29)24(31)28-21(23(30)27-4)17-18-11-7-5-8-12-18/h5-14,20-22H,15-17H2,1-4H3,(H,27,30)(H,28,31)/t20-,21+,22-/m0/s1. The van der Waals surface area contributed by atoms with Crippen LogP contribution >= 0.6 is 0 Å². The molecule has 3 rings (SSSR count). The summed E-state index contributed by atoms with van der Waals surface area (Å²) in [4.78, 5) is 41.1. The highest BCUT2D eigenvalue weighted by atomic mass is 16.2. The molecule has 2 aromatic carbocycles. The van der Waals surface area contributed by atoms with E-state index in [1.165, 1.54) is 0 Å². The molecule has 1 saturated heterocycles. The Hall–Kier alpha value is -3.15. The maximum absolute atomic E-state index is 13.6. The predicted octanol–water partition coefficient (Wildman–Crippen LogP) is 2.89. The molecule has 3 amide bonds. The van der Waals surface area contributed by atoms with Crippen LogP contribution in [0.25, 0.3) is 0 Å². The Kier molecular flexibility index (Phi) is 7.33. The second-order valence-corrected chi connectivity index (χ2v) is 9.36. The van der Waals surface area contributed by atoms with E-state index in [4.69, 9.17) is 0 Å². The van der Waals surface area contributed by atoms with Crippen LogP contribution in [0.1, 0.15) is 44.2 Å². The largest absolute Gasteiger partial charge is 0.357 e. The van der Waals surface area contributed by atoms with Crippen LogP contribution in [0.4, 0.5) is 0 Å². The zero-order valence-electron chi connectivity index (χ0n) is 19.3. The van der Waals surface area contributed by atoms with Crippen LogP contribution in [-0.2, 0) is 20.8 Å². The summed E-state index contributed by atoms with van der Waals surface area (Å²) in [6, 6.07) is 18.0. The third-order valence-corrected chi connectivity index (χ3v) is 5.96. The van der Waals surface area contributed by atoms with Crippen molar-refractivity contribution >= 4 is 17.7 Å². The minimum atomic E-state index is -0.724. The summed E-state index contributed by atoms with van der Waals surface area (Å²) in [7, 11) is 1.56. The fraction of sp³-hybridized carbons (Fsp3) is 0.423. The third-order valence-electron chi connectivity index (χ3n) is 5.96. The van der Waals surface area contributed by atoms with E-state index >= 15 is 0 Å². The number of nitrogens with zero attached hydrogens (tertiary/aromatic N) is 1. The van der Waals surface area contributed by atoms with E-state index in [1.807, 2.05) is 81.4 Å². The smallest absolute Gasteiger partial charge is 0.244 e. The van der Waals surface area contributed by atoms with Crippen LogP contribution in [0.5, 0.6) is 0 Å². The summed E-state index contributed by atoms with van der Waals surface area (Å²) in [5, 5.41) is 5.60. The summed E-state index contributed by atoms with van der Waals surface area (Å²) in [5.41, 5.74) is 1.38. The normalized spacial score (nSPS) is 19.3. The SMILES string of the molecule is CNC(=O)[C@@H](Cc1ccccc1)NC(=O)[C@@H]1[C@H](c2ccccc2)CCN1C(=O)C(C)(C)C. The summed E-state index contributed by atoms with van der Waals surface area (Å²) in [6.07, 6.45) is 1.08. The lowest BCUT2D eigenvalue weighted by atomic mass is 9.89. The average Bonchev–Trinajstić information content (AvgIpc) is 3.23. The Bertz CT molecular complexity index is 938. The van der Waals surface area contributed by atoms with Crippen molar-refractivity contribution in [2.24, 2.45) is 5.41 Å². The molecule has 32 heavy (non-hydrogen) atoms. The Morgan fingerprint density at radius 1 is 1.00 bits per heavy atom. The quantitative estimate of drug-likeness (QED) is 0.732. The number of amides is 3. The number of carbonyl (C=O) groups is 3. The van der Waals surface area contributed by atoms with Crippen LogP contribution in [0, 0.1) is 5.41 Å². The number of hydrogen-bond acceptors (Lipinski definition) is 3. The molecular formula is C26H33N3O3. The van der Waals surface area contributed by atoms with Crippen LogP contribution < -0.4 is 10.6 Å². The minimum absolute atomic E-state index is 0.0596. The fourth-order valence-corrected chi connectivity index (χ4v) is 4.31. The first-order chi connectivity index (χ1) is 15.2. The molecule has 0 aromatic heterocycles. The molecule has 6 heteroatoms. The molecule has 1 aliphatic heterocycles. The van der Waals surface area contributed by atoms with Gasteiger partial charge in [0.25, 0.3) is 0 Å². The molecule has 1 aliphatic rings. The number of likely N-dealkylation sites (tertiary alicyclic amines) is 1. The first kappa shape index (κ1) is 23.5. The Morgan fingerprint density at radius 2 is 1.59 bits per heavy atom. The number of likely N-dealkylation sites (N-methyl/N-ethyl adjacent to an activating group) is 1. The van der Waals surface area contributed by atoms with Gasteiger partial charge in [-0.2, -0.15) is 0 Å². The molecule has 1 fully saturated rings. The third kappa shape index (κ3) is 5.36. The molecule has 2 N–H and O–H groups in total. The minimum Gasteiger partial charge on any atom is -0.357 e. The zero-order valence-corrected chi connectivity index (χ0v) is 19.3. The van der Waals surface area contributed by atoms with Crippen molar-refractivity contribution in [3.05, 3.63) is 71.8 Å². The van der Waals surface area contributed by atoms with Crippen molar-refractivity contribution in [3.63, 3.8) is 0 Å². The maximum atomic E-state index is 13.6. The van der Waals surface area contributed by atoms with Crippen LogP contribution in [0.15, 0.2) is 60.7 Å². The van der Waals surface area contributed by atoms with Gasteiger partial charge in [-0.1, -0.05) is 81.4 Å². The molecule has 0 spiro atoms. The molecule has 2 aromatic rings. The Morgan fingerprint density at radius 3 is 2.16 bits per heavy atom. The molecule has 1 heterocycles. The summed E-state index contributed by atoms with van der Waals surface area (Å²) < 4.78 is 0. The molecule has 0 saturated carbocycles. The summed E-state index contributed by atoms with van der Waals surface area (Å²) in [6.45, 7) is 6.10. The van der Waals surface area contributed by atoms with E-state index in [0.717, 1.165) is 11.1 Å². The van der Waals surface area contributed by atoms with E-state index in [9.17, 15) is 14.4 Å². The van der Waals surface area contributed by atoms with E-state index < -0.39 is 17.5 Å². The van der Waals surface area contributed by atoms with Gasteiger partial charge in [0.1, 0.15) is 12.1 Å². The van der Waals surface area contributed by atoms with Gasteiger partial charge in [-0.05, 0) is 17.5 Å². The van der Waals surface area contributed by atoms with Crippen molar-refractivity contribution in [1.82, 2.24) is 15.5 Å². The van der Waals surface area contributed by atoms with Crippen LogP contribution in [0.3, 0.4) is 0 Å². The van der Waals surface area contributed by atoms with Crippen molar-refractivity contribution in [1.29, 1.82) is 0 Å². The molecule has 6 nitrogen and oxygen atoms in total. The topological polar surface area (TPSA) is 78.5 Å². The number of benzene rings is 2. The Balaban J connectivity index is 1.89. The predicted molar refractivity (Wildman–Crippen MR) is 125 cm³/mol. The van der Waals surface area contributed by atoms with Gasteiger partial charge in [-0.3, -0.25) is 14.4 Å². The lowest BCUT2D eigenvalue weighted by molar-refractivity contribution is -0.145. The number of rotatable bonds is 6. The second kappa shape index (κ2) is 9.98. The van der Waals surface area contributed by atoms with Crippen molar-refractivity contribution in [3.8, 4) is 0 Å². The first-order valence-corrected chi connectivity index (χ1v) is 11.1. The van der Waals surface area contributed by atoms with Gasteiger partial charge in [0.15, 0.2) is 0 Å². The molecule has 0 unspecified atom stereocenters. The van der Waals surface area contributed by atoms with Gasteiger partial charge in [0.05, 0.1) is 0 Å². The van der Waals surface area contributed by atoms with E-state index in [-0.39, 0.29) is 23.6 Å². The van der Waals surface area contributed by atoms with E-state index in [2.05, 4.69) is 10.6 Å².